The predicted octanol–water partition coefficient (Wildman–Crippen LogP) is 2.08. The van der Waals surface area contributed by atoms with Gasteiger partial charge in [0.1, 0.15) is 0 Å². The highest BCUT2D eigenvalue weighted by Crippen LogP contribution is 2.29. The van der Waals surface area contributed by atoms with Crippen LogP contribution < -0.4 is 9.47 Å². The van der Waals surface area contributed by atoms with Crippen LogP contribution in [0.15, 0.2) is 18.2 Å². The molecule has 5 heteroatoms. The molecule has 1 N–H and O–H groups in total. The molecule has 1 amide bonds. The third-order valence-corrected chi connectivity index (χ3v) is 3.81. The van der Waals surface area contributed by atoms with E-state index in [-0.39, 0.29) is 18.6 Å². The number of piperidine rings is 1. The fourth-order valence-corrected chi connectivity index (χ4v) is 2.70. The van der Waals surface area contributed by atoms with E-state index < -0.39 is 0 Å². The summed E-state index contributed by atoms with van der Waals surface area (Å²) < 4.78 is 10.7. The Kier molecular flexibility index (Phi) is 5.44. The lowest BCUT2D eigenvalue weighted by atomic mass is 10.0. The number of ether oxygens (including phenoxy) is 2. The van der Waals surface area contributed by atoms with Crippen molar-refractivity contribution in [2.24, 2.45) is 0 Å². The van der Waals surface area contributed by atoms with Crippen LogP contribution in [-0.2, 0) is 0 Å². The molecule has 1 atom stereocenters. The monoisotopic (exact) mass is 293 g/mol. The first-order chi connectivity index (χ1) is 10.2. The predicted molar refractivity (Wildman–Crippen MR) is 79.9 cm³/mol. The zero-order chi connectivity index (χ0) is 15.2. The molecule has 0 aliphatic carbocycles. The fraction of sp³-hybridized carbons (Fsp3) is 0.562. The van der Waals surface area contributed by atoms with Crippen molar-refractivity contribution in [1.82, 2.24) is 4.90 Å². The molecule has 1 saturated heterocycles. The Morgan fingerprint density at radius 3 is 2.86 bits per heavy atom. The van der Waals surface area contributed by atoms with Crippen LogP contribution in [0.4, 0.5) is 0 Å². The Balaban J connectivity index is 2.22. The second-order valence-corrected chi connectivity index (χ2v) is 5.13. The van der Waals surface area contributed by atoms with Crippen molar-refractivity contribution < 1.29 is 19.4 Å². The summed E-state index contributed by atoms with van der Waals surface area (Å²) in [6.45, 7) is 3.15. The van der Waals surface area contributed by atoms with Crippen molar-refractivity contribution in [1.29, 1.82) is 0 Å². The third-order valence-electron chi connectivity index (χ3n) is 3.81. The number of aliphatic hydroxyl groups is 1. The number of hydrogen-bond donors (Lipinski definition) is 1. The molecule has 1 aromatic rings. The summed E-state index contributed by atoms with van der Waals surface area (Å²) in [5.41, 5.74) is 0.565. The normalized spacial score (nSPS) is 18.4. The van der Waals surface area contributed by atoms with Crippen LogP contribution in [-0.4, -0.2) is 48.8 Å². The molecule has 1 aliphatic rings. The van der Waals surface area contributed by atoms with Crippen LogP contribution in [0, 0.1) is 0 Å². The van der Waals surface area contributed by atoms with Gasteiger partial charge in [-0.15, -0.1) is 0 Å². The molecule has 0 saturated carbocycles. The molecule has 0 bridgehead atoms. The first-order valence-electron chi connectivity index (χ1n) is 7.44. The standard InChI is InChI=1S/C16H23NO4/c1-3-21-14-8-7-12(10-15(14)20-2)16(19)17-9-5-4-6-13(17)11-18/h7-8,10,13,18H,3-6,9,11H2,1-2H3. The van der Waals surface area contributed by atoms with Gasteiger partial charge in [0.25, 0.3) is 5.91 Å². The van der Waals surface area contributed by atoms with Gasteiger partial charge in [0.05, 0.1) is 26.4 Å². The number of amides is 1. The molecule has 1 aliphatic heterocycles. The van der Waals surface area contributed by atoms with Gasteiger partial charge >= 0.3 is 0 Å². The van der Waals surface area contributed by atoms with E-state index in [1.165, 1.54) is 0 Å². The summed E-state index contributed by atoms with van der Waals surface area (Å²) in [5.74, 6) is 1.13. The molecule has 0 radical (unpaired) electrons. The summed E-state index contributed by atoms with van der Waals surface area (Å²) in [7, 11) is 1.56. The van der Waals surface area contributed by atoms with E-state index in [1.807, 2.05) is 6.92 Å². The Labute approximate surface area is 125 Å². The number of carbonyl (C=O) groups is 1. The lowest BCUT2D eigenvalue weighted by Gasteiger charge is -2.34. The van der Waals surface area contributed by atoms with Gasteiger partial charge in [-0.05, 0) is 44.4 Å². The molecule has 1 fully saturated rings. The topological polar surface area (TPSA) is 59.0 Å². The van der Waals surface area contributed by atoms with E-state index >= 15 is 0 Å². The smallest absolute Gasteiger partial charge is 0.254 e. The van der Waals surface area contributed by atoms with Crippen LogP contribution in [0.1, 0.15) is 36.5 Å². The summed E-state index contributed by atoms with van der Waals surface area (Å²) in [6, 6.07) is 5.13. The van der Waals surface area contributed by atoms with E-state index in [9.17, 15) is 9.90 Å². The molecule has 0 aromatic heterocycles. The zero-order valence-electron chi connectivity index (χ0n) is 12.7. The Hall–Kier alpha value is -1.75. The van der Waals surface area contributed by atoms with E-state index in [0.29, 0.717) is 30.2 Å². The summed E-state index contributed by atoms with van der Waals surface area (Å²) in [4.78, 5) is 14.4. The molecule has 5 nitrogen and oxygen atoms in total. The van der Waals surface area contributed by atoms with Crippen molar-refractivity contribution in [2.75, 3.05) is 26.9 Å². The minimum atomic E-state index is -0.0798. The van der Waals surface area contributed by atoms with E-state index in [1.54, 1.807) is 30.2 Å². The Bertz CT molecular complexity index is 489. The highest BCUT2D eigenvalue weighted by atomic mass is 16.5. The number of hydrogen-bond acceptors (Lipinski definition) is 4. The number of benzene rings is 1. The molecule has 2 rings (SSSR count). The van der Waals surface area contributed by atoms with E-state index in [4.69, 9.17) is 9.47 Å². The average molecular weight is 293 g/mol. The zero-order valence-corrected chi connectivity index (χ0v) is 12.7. The molecule has 21 heavy (non-hydrogen) atoms. The van der Waals surface area contributed by atoms with Gasteiger partial charge in [-0.3, -0.25) is 4.79 Å². The number of methoxy groups -OCH3 is 1. The van der Waals surface area contributed by atoms with Gasteiger partial charge in [0, 0.05) is 12.1 Å². The molecule has 1 aromatic carbocycles. The van der Waals surface area contributed by atoms with Gasteiger partial charge in [0.15, 0.2) is 11.5 Å². The summed E-state index contributed by atoms with van der Waals surface area (Å²) in [5, 5.41) is 9.43. The quantitative estimate of drug-likeness (QED) is 0.903. The summed E-state index contributed by atoms with van der Waals surface area (Å²) in [6.07, 6.45) is 2.90. The highest BCUT2D eigenvalue weighted by Gasteiger charge is 2.27. The first kappa shape index (κ1) is 15.6. The third kappa shape index (κ3) is 3.47. The van der Waals surface area contributed by atoms with Crippen molar-refractivity contribution >= 4 is 5.91 Å². The number of carbonyl (C=O) groups excluding carboxylic acids is 1. The van der Waals surface area contributed by atoms with Crippen LogP contribution in [0.3, 0.4) is 0 Å². The Morgan fingerprint density at radius 1 is 1.38 bits per heavy atom. The number of rotatable bonds is 5. The second-order valence-electron chi connectivity index (χ2n) is 5.13. The van der Waals surface area contributed by atoms with Crippen LogP contribution >= 0.6 is 0 Å². The molecule has 116 valence electrons. The number of nitrogens with zero attached hydrogens (tertiary/aromatic N) is 1. The van der Waals surface area contributed by atoms with Crippen LogP contribution in [0.2, 0.25) is 0 Å². The lowest BCUT2D eigenvalue weighted by molar-refractivity contribution is 0.0502. The van der Waals surface area contributed by atoms with Crippen molar-refractivity contribution in [3.63, 3.8) is 0 Å². The molecule has 1 heterocycles. The first-order valence-corrected chi connectivity index (χ1v) is 7.44. The van der Waals surface area contributed by atoms with Gasteiger partial charge in [-0.1, -0.05) is 0 Å². The average Bonchev–Trinajstić information content (AvgIpc) is 2.54. The number of likely N-dealkylation sites (tertiary alicyclic amines) is 1. The molecular weight excluding hydrogens is 270 g/mol. The van der Waals surface area contributed by atoms with Crippen molar-refractivity contribution in [3.8, 4) is 11.5 Å². The second kappa shape index (κ2) is 7.31. The van der Waals surface area contributed by atoms with Crippen molar-refractivity contribution in [3.05, 3.63) is 23.8 Å². The van der Waals surface area contributed by atoms with Crippen LogP contribution in [0.5, 0.6) is 11.5 Å². The maximum absolute atomic E-state index is 12.6. The maximum Gasteiger partial charge on any atom is 0.254 e. The minimum absolute atomic E-state index is 0.0138. The lowest BCUT2D eigenvalue weighted by Crippen LogP contribution is -2.45. The van der Waals surface area contributed by atoms with Crippen LogP contribution in [0.25, 0.3) is 0 Å². The molecule has 0 spiro atoms. The van der Waals surface area contributed by atoms with Gasteiger partial charge in [-0.25, -0.2) is 0 Å². The van der Waals surface area contributed by atoms with Gasteiger partial charge in [0.2, 0.25) is 0 Å². The van der Waals surface area contributed by atoms with Gasteiger partial charge < -0.3 is 19.5 Å². The summed E-state index contributed by atoms with van der Waals surface area (Å²) >= 11 is 0. The molecule has 1 unspecified atom stereocenters. The molecular formula is C16H23NO4. The van der Waals surface area contributed by atoms with E-state index in [2.05, 4.69) is 0 Å². The fourth-order valence-electron chi connectivity index (χ4n) is 2.70. The highest BCUT2D eigenvalue weighted by molar-refractivity contribution is 5.95. The largest absolute Gasteiger partial charge is 0.493 e. The maximum atomic E-state index is 12.6. The number of aliphatic hydroxyl groups excluding tert-OH is 1. The van der Waals surface area contributed by atoms with E-state index in [0.717, 1.165) is 19.3 Å². The van der Waals surface area contributed by atoms with Gasteiger partial charge in [-0.2, -0.15) is 0 Å². The minimum Gasteiger partial charge on any atom is -0.493 e. The van der Waals surface area contributed by atoms with Crippen molar-refractivity contribution in [2.45, 2.75) is 32.2 Å². The SMILES string of the molecule is CCOc1ccc(C(=O)N2CCCCC2CO)cc1OC. The Morgan fingerprint density at radius 2 is 2.19 bits per heavy atom.